The van der Waals surface area contributed by atoms with Gasteiger partial charge in [-0.15, -0.1) is 0 Å². The number of aliphatic hydroxyl groups excluding tert-OH is 2. The average Bonchev–Trinajstić information content (AvgIpc) is 3.38. The molecule has 72 heavy (non-hydrogen) atoms. The second kappa shape index (κ2) is 61.9. The monoisotopic (exact) mass is 1010 g/mol. The molecule has 0 spiro atoms. The Morgan fingerprint density at radius 2 is 0.653 bits per heavy atom. The van der Waals surface area contributed by atoms with Gasteiger partial charge in [0.1, 0.15) is 0 Å². The Labute approximate surface area is 450 Å². The van der Waals surface area contributed by atoms with Crippen LogP contribution >= 0.6 is 0 Å². The number of ether oxygens (including phenoxy) is 1. The number of hydrogen-bond acceptors (Lipinski definition) is 5. The summed E-state index contributed by atoms with van der Waals surface area (Å²) in [7, 11) is 0. The Morgan fingerprint density at radius 3 is 0.986 bits per heavy atom. The smallest absolute Gasteiger partial charge is 0.305 e. The van der Waals surface area contributed by atoms with Crippen LogP contribution in [0.3, 0.4) is 0 Å². The molecule has 0 aromatic rings. The van der Waals surface area contributed by atoms with Gasteiger partial charge in [0.25, 0.3) is 0 Å². The van der Waals surface area contributed by atoms with E-state index in [1.807, 2.05) is 6.08 Å². The zero-order valence-electron chi connectivity index (χ0n) is 48.7. The summed E-state index contributed by atoms with van der Waals surface area (Å²) in [6, 6.07) is -0.629. The average molecular weight is 1010 g/mol. The van der Waals surface area contributed by atoms with Gasteiger partial charge in [0.15, 0.2) is 0 Å². The van der Waals surface area contributed by atoms with Crippen LogP contribution in [0.25, 0.3) is 0 Å². The van der Waals surface area contributed by atoms with Crippen LogP contribution in [0, 0.1) is 0 Å². The van der Waals surface area contributed by atoms with Crippen LogP contribution in [0.4, 0.5) is 0 Å². The summed E-state index contributed by atoms with van der Waals surface area (Å²) in [6.07, 6.45) is 76.6. The van der Waals surface area contributed by atoms with Crippen LogP contribution in [-0.2, 0) is 14.3 Å². The van der Waals surface area contributed by atoms with Crippen LogP contribution < -0.4 is 5.32 Å². The van der Waals surface area contributed by atoms with Crippen molar-refractivity contribution in [3.05, 3.63) is 24.3 Å². The largest absolute Gasteiger partial charge is 0.466 e. The molecule has 1 amide bonds. The summed E-state index contributed by atoms with van der Waals surface area (Å²) < 4.78 is 5.49. The van der Waals surface area contributed by atoms with E-state index in [1.165, 1.54) is 295 Å². The minimum absolute atomic E-state index is 0.0163. The first-order chi connectivity index (χ1) is 35.5. The van der Waals surface area contributed by atoms with Gasteiger partial charge < -0.3 is 20.3 Å². The van der Waals surface area contributed by atoms with Crippen LogP contribution in [0.15, 0.2) is 24.3 Å². The minimum atomic E-state index is -0.846. The molecule has 2 unspecified atom stereocenters. The van der Waals surface area contributed by atoms with E-state index in [2.05, 4.69) is 31.3 Å². The molecule has 3 N–H and O–H groups in total. The number of allylic oxidation sites excluding steroid dienone is 3. The maximum Gasteiger partial charge on any atom is 0.305 e. The number of rotatable bonds is 61. The van der Waals surface area contributed by atoms with Crippen molar-refractivity contribution in [2.45, 2.75) is 373 Å². The molecule has 426 valence electrons. The fourth-order valence-corrected chi connectivity index (χ4v) is 10.2. The van der Waals surface area contributed by atoms with Crippen molar-refractivity contribution in [2.75, 3.05) is 13.2 Å². The van der Waals surface area contributed by atoms with E-state index in [1.54, 1.807) is 6.08 Å². The highest BCUT2D eigenvalue weighted by Crippen LogP contribution is 2.18. The van der Waals surface area contributed by atoms with Gasteiger partial charge in [0.2, 0.25) is 5.91 Å². The summed E-state index contributed by atoms with van der Waals surface area (Å²) in [5.41, 5.74) is 0. The third-order valence-corrected chi connectivity index (χ3v) is 15.2. The van der Waals surface area contributed by atoms with Crippen LogP contribution in [0.2, 0.25) is 0 Å². The van der Waals surface area contributed by atoms with E-state index < -0.39 is 12.1 Å². The Balaban J connectivity index is 3.40. The molecule has 0 bridgehead atoms. The van der Waals surface area contributed by atoms with Gasteiger partial charge in [-0.05, 0) is 57.8 Å². The fourth-order valence-electron chi connectivity index (χ4n) is 10.2. The number of esters is 1. The summed E-state index contributed by atoms with van der Waals surface area (Å²) in [5.74, 6) is -0.0528. The minimum Gasteiger partial charge on any atom is -0.466 e. The van der Waals surface area contributed by atoms with Crippen LogP contribution in [-0.4, -0.2) is 47.4 Å². The zero-order chi connectivity index (χ0) is 52.2. The van der Waals surface area contributed by atoms with Gasteiger partial charge in [0, 0.05) is 12.8 Å². The highest BCUT2D eigenvalue weighted by molar-refractivity contribution is 5.76. The molecule has 0 aliphatic carbocycles. The van der Waals surface area contributed by atoms with Gasteiger partial charge in [-0.1, -0.05) is 314 Å². The zero-order valence-corrected chi connectivity index (χ0v) is 48.7. The quantitative estimate of drug-likeness (QED) is 0.0320. The lowest BCUT2D eigenvalue weighted by molar-refractivity contribution is -0.143. The van der Waals surface area contributed by atoms with Crippen molar-refractivity contribution in [2.24, 2.45) is 0 Å². The normalized spacial score (nSPS) is 12.7. The van der Waals surface area contributed by atoms with Crippen molar-refractivity contribution in [1.29, 1.82) is 0 Å². The Kier molecular flexibility index (Phi) is 60.5. The predicted molar refractivity (Wildman–Crippen MR) is 315 cm³/mol. The molecular formula is C66H127NO5. The fraction of sp³-hybridized carbons (Fsp3) is 0.909. The summed E-state index contributed by atoms with van der Waals surface area (Å²) in [4.78, 5) is 24.5. The van der Waals surface area contributed by atoms with Crippen LogP contribution in [0.1, 0.15) is 361 Å². The number of aliphatic hydroxyl groups is 2. The molecule has 0 fully saturated rings. The van der Waals surface area contributed by atoms with Gasteiger partial charge in [-0.25, -0.2) is 0 Å². The number of unbranched alkanes of at least 4 members (excludes halogenated alkanes) is 48. The topological polar surface area (TPSA) is 95.9 Å². The molecule has 0 aliphatic heterocycles. The Hall–Kier alpha value is -1.66. The lowest BCUT2D eigenvalue weighted by atomic mass is 10.0. The third-order valence-electron chi connectivity index (χ3n) is 15.2. The van der Waals surface area contributed by atoms with E-state index in [0.29, 0.717) is 19.4 Å². The lowest BCUT2D eigenvalue weighted by Gasteiger charge is -2.20. The van der Waals surface area contributed by atoms with Crippen LogP contribution in [0.5, 0.6) is 0 Å². The lowest BCUT2D eigenvalue weighted by Crippen LogP contribution is -2.45. The number of nitrogens with one attached hydrogen (secondary N) is 1. The van der Waals surface area contributed by atoms with E-state index in [9.17, 15) is 19.8 Å². The molecule has 0 aliphatic rings. The molecule has 0 aromatic heterocycles. The first-order valence-corrected chi connectivity index (χ1v) is 32.6. The number of amides is 1. The van der Waals surface area contributed by atoms with Crippen molar-refractivity contribution >= 4 is 11.9 Å². The molecular weight excluding hydrogens is 887 g/mol. The molecule has 6 nitrogen and oxygen atoms in total. The van der Waals surface area contributed by atoms with E-state index in [0.717, 1.165) is 38.5 Å². The molecule has 2 atom stereocenters. The van der Waals surface area contributed by atoms with Gasteiger partial charge >= 0.3 is 5.97 Å². The Morgan fingerprint density at radius 1 is 0.375 bits per heavy atom. The molecule has 0 saturated heterocycles. The number of hydrogen-bond donors (Lipinski definition) is 3. The third kappa shape index (κ3) is 57.6. The second-order valence-corrected chi connectivity index (χ2v) is 22.5. The summed E-state index contributed by atoms with van der Waals surface area (Å²) >= 11 is 0. The molecule has 0 saturated carbocycles. The highest BCUT2D eigenvalue weighted by atomic mass is 16.5. The first kappa shape index (κ1) is 70.3. The maximum absolute atomic E-state index is 12.5. The number of carbonyl (C=O) groups excluding carboxylic acids is 2. The van der Waals surface area contributed by atoms with Crippen molar-refractivity contribution < 1.29 is 24.5 Å². The predicted octanol–water partition coefficient (Wildman–Crippen LogP) is 20.6. The van der Waals surface area contributed by atoms with Gasteiger partial charge in [-0.3, -0.25) is 9.59 Å². The molecule has 0 aromatic carbocycles. The van der Waals surface area contributed by atoms with Crippen molar-refractivity contribution in [3.63, 3.8) is 0 Å². The van der Waals surface area contributed by atoms with Gasteiger partial charge in [0.05, 0.1) is 25.4 Å². The summed E-state index contributed by atoms with van der Waals surface area (Å²) in [5, 5.41) is 23.1. The molecule has 0 rings (SSSR count). The number of carbonyl (C=O) groups is 2. The molecule has 0 heterocycles. The second-order valence-electron chi connectivity index (χ2n) is 22.5. The first-order valence-electron chi connectivity index (χ1n) is 32.6. The van der Waals surface area contributed by atoms with Crippen molar-refractivity contribution in [3.8, 4) is 0 Å². The van der Waals surface area contributed by atoms with E-state index in [4.69, 9.17) is 4.74 Å². The van der Waals surface area contributed by atoms with Gasteiger partial charge in [-0.2, -0.15) is 0 Å². The van der Waals surface area contributed by atoms with E-state index in [-0.39, 0.29) is 18.5 Å². The SMILES string of the molecule is CCCCCCCCCCCCCCC/C=C/C(O)C(CO)NC(=O)CCCCCCCCCCC/C=C\CCCCCCCCCCCCCCOC(=O)CCCCCCCCCCCCCCCCC. The summed E-state index contributed by atoms with van der Waals surface area (Å²) in [6.45, 7) is 4.93. The maximum atomic E-state index is 12.5. The standard InChI is InChI=1S/C66H127NO5/c1-3-5-7-9-11-13-15-17-30-34-38-42-46-50-54-58-64(69)63(62-68)67-65(70)59-55-51-47-43-39-35-32-28-26-24-22-20-19-21-23-25-27-29-33-37-41-45-49-53-57-61-72-66(71)60-56-52-48-44-40-36-31-18-16-14-12-10-8-6-4-2/h20,22,54,58,63-64,68-69H,3-19,21,23-53,55-57,59-62H2,1-2H3,(H,67,70)/b22-20-,58-54+. The highest BCUT2D eigenvalue weighted by Gasteiger charge is 2.18. The Bertz CT molecular complexity index is 1120. The van der Waals surface area contributed by atoms with E-state index >= 15 is 0 Å². The molecule has 6 heteroatoms. The van der Waals surface area contributed by atoms with Crippen molar-refractivity contribution in [1.82, 2.24) is 5.32 Å². The molecule has 0 radical (unpaired) electrons.